The third-order valence-corrected chi connectivity index (χ3v) is 4.84. The van der Waals surface area contributed by atoms with Crippen molar-refractivity contribution in [3.8, 4) is 10.6 Å². The summed E-state index contributed by atoms with van der Waals surface area (Å²) < 4.78 is 1.09. The summed E-state index contributed by atoms with van der Waals surface area (Å²) in [6, 6.07) is 7.09. The molecule has 0 unspecified atom stereocenters. The van der Waals surface area contributed by atoms with Crippen LogP contribution in [0.4, 0.5) is 0 Å². The van der Waals surface area contributed by atoms with Gasteiger partial charge in [0.05, 0.1) is 0 Å². The molecule has 1 heterocycles. The summed E-state index contributed by atoms with van der Waals surface area (Å²) in [4.78, 5) is 0. The monoisotopic (exact) mass is 337 g/mol. The Hall–Kier alpha value is -0.780. The van der Waals surface area contributed by atoms with E-state index < -0.39 is 0 Å². The molecule has 1 aromatic heterocycles. The minimum atomic E-state index is 0.763. The van der Waals surface area contributed by atoms with Crippen LogP contribution in [-0.2, 0) is 6.42 Å². The van der Waals surface area contributed by atoms with Crippen molar-refractivity contribution in [2.24, 2.45) is 0 Å². The van der Waals surface area contributed by atoms with Crippen molar-refractivity contribution in [3.63, 3.8) is 0 Å². The number of hydrogen-bond acceptors (Lipinski definition) is 4. The summed E-state index contributed by atoms with van der Waals surface area (Å²) in [5, 5.41) is 14.2. The quantitative estimate of drug-likeness (QED) is 0.906. The van der Waals surface area contributed by atoms with Crippen molar-refractivity contribution < 1.29 is 0 Å². The molecule has 0 atom stereocenters. The SMILES string of the molecule is Cc1ccc(-c2nnc(CCNC3CC3)s2)c(Br)c1. The molecule has 3 rings (SSSR count). The van der Waals surface area contributed by atoms with Gasteiger partial charge in [0.15, 0.2) is 0 Å². The van der Waals surface area contributed by atoms with E-state index in [9.17, 15) is 0 Å². The van der Waals surface area contributed by atoms with Crippen LogP contribution in [0.5, 0.6) is 0 Å². The number of halogens is 1. The first kappa shape index (κ1) is 13.2. The van der Waals surface area contributed by atoms with Gasteiger partial charge in [0, 0.05) is 29.0 Å². The molecule has 0 amide bonds. The van der Waals surface area contributed by atoms with E-state index in [0.29, 0.717) is 0 Å². The third kappa shape index (κ3) is 3.41. The summed E-state index contributed by atoms with van der Waals surface area (Å²) >= 11 is 5.29. The van der Waals surface area contributed by atoms with Crippen LogP contribution in [0.3, 0.4) is 0 Å². The van der Waals surface area contributed by atoms with Crippen LogP contribution < -0.4 is 5.32 Å². The summed E-state index contributed by atoms with van der Waals surface area (Å²) in [6.07, 6.45) is 3.63. The van der Waals surface area contributed by atoms with E-state index in [1.807, 2.05) is 0 Å². The molecular weight excluding hydrogens is 322 g/mol. The number of aryl methyl sites for hydroxylation is 1. The number of benzene rings is 1. The lowest BCUT2D eigenvalue weighted by Crippen LogP contribution is -2.19. The maximum absolute atomic E-state index is 4.30. The molecule has 0 bridgehead atoms. The van der Waals surface area contributed by atoms with E-state index in [2.05, 4.69) is 56.6 Å². The maximum Gasteiger partial charge on any atom is 0.148 e. The molecule has 19 heavy (non-hydrogen) atoms. The van der Waals surface area contributed by atoms with Crippen LogP contribution in [-0.4, -0.2) is 22.8 Å². The van der Waals surface area contributed by atoms with Crippen molar-refractivity contribution >= 4 is 27.3 Å². The van der Waals surface area contributed by atoms with E-state index in [-0.39, 0.29) is 0 Å². The van der Waals surface area contributed by atoms with Crippen molar-refractivity contribution in [2.45, 2.75) is 32.2 Å². The van der Waals surface area contributed by atoms with Crippen molar-refractivity contribution in [2.75, 3.05) is 6.54 Å². The lowest BCUT2D eigenvalue weighted by Gasteiger charge is -2.01. The van der Waals surface area contributed by atoms with Crippen molar-refractivity contribution in [1.29, 1.82) is 0 Å². The Kier molecular flexibility index (Phi) is 3.96. The average molecular weight is 338 g/mol. The van der Waals surface area contributed by atoms with Gasteiger partial charge in [-0.3, -0.25) is 0 Å². The molecule has 1 aliphatic rings. The molecule has 0 spiro atoms. The predicted molar refractivity (Wildman–Crippen MR) is 82.5 cm³/mol. The third-order valence-electron chi connectivity index (χ3n) is 3.17. The maximum atomic E-state index is 4.30. The van der Waals surface area contributed by atoms with Gasteiger partial charge in [-0.15, -0.1) is 10.2 Å². The minimum Gasteiger partial charge on any atom is -0.314 e. The number of hydrogen-bond donors (Lipinski definition) is 1. The van der Waals surface area contributed by atoms with Gasteiger partial charge in [0.25, 0.3) is 0 Å². The Labute approximate surface area is 125 Å². The number of rotatable bonds is 5. The fourth-order valence-electron chi connectivity index (χ4n) is 1.93. The highest BCUT2D eigenvalue weighted by atomic mass is 79.9. The second-order valence-corrected chi connectivity index (χ2v) is 6.88. The molecule has 0 saturated heterocycles. The molecule has 1 aromatic carbocycles. The predicted octanol–water partition coefficient (Wildman–Crippen LogP) is 3.57. The fourth-order valence-corrected chi connectivity index (χ4v) is 3.62. The fraction of sp³-hybridized carbons (Fsp3) is 0.429. The van der Waals surface area contributed by atoms with Gasteiger partial charge < -0.3 is 5.32 Å². The Morgan fingerprint density at radius 2 is 2.21 bits per heavy atom. The van der Waals surface area contributed by atoms with Crippen molar-refractivity contribution in [1.82, 2.24) is 15.5 Å². The van der Waals surface area contributed by atoms with Crippen LogP contribution in [0.1, 0.15) is 23.4 Å². The first-order chi connectivity index (χ1) is 9.22. The molecule has 0 radical (unpaired) electrons. The lowest BCUT2D eigenvalue weighted by atomic mass is 10.2. The molecule has 2 aromatic rings. The summed E-state index contributed by atoms with van der Waals surface area (Å²) in [5.41, 5.74) is 2.37. The molecule has 0 aliphatic heterocycles. The van der Waals surface area contributed by atoms with Crippen LogP contribution in [0, 0.1) is 6.92 Å². The minimum absolute atomic E-state index is 0.763. The van der Waals surface area contributed by atoms with Gasteiger partial charge in [-0.2, -0.15) is 0 Å². The highest BCUT2D eigenvalue weighted by Crippen LogP contribution is 2.31. The average Bonchev–Trinajstić information content (AvgIpc) is 3.07. The summed E-state index contributed by atoms with van der Waals surface area (Å²) in [5.74, 6) is 0. The smallest absolute Gasteiger partial charge is 0.148 e. The Bertz CT molecular complexity index is 578. The largest absolute Gasteiger partial charge is 0.314 e. The first-order valence-electron chi connectivity index (χ1n) is 6.54. The van der Waals surface area contributed by atoms with Gasteiger partial charge in [-0.25, -0.2) is 0 Å². The lowest BCUT2D eigenvalue weighted by molar-refractivity contribution is 0.677. The van der Waals surface area contributed by atoms with E-state index in [4.69, 9.17) is 0 Å². The van der Waals surface area contributed by atoms with Crippen LogP contribution in [0.2, 0.25) is 0 Å². The number of nitrogens with one attached hydrogen (secondary N) is 1. The first-order valence-corrected chi connectivity index (χ1v) is 8.15. The Morgan fingerprint density at radius 1 is 1.37 bits per heavy atom. The van der Waals surface area contributed by atoms with Crippen molar-refractivity contribution in [3.05, 3.63) is 33.2 Å². The van der Waals surface area contributed by atoms with Crippen LogP contribution in [0.15, 0.2) is 22.7 Å². The van der Waals surface area contributed by atoms with E-state index in [1.54, 1.807) is 11.3 Å². The summed E-state index contributed by atoms with van der Waals surface area (Å²) in [6.45, 7) is 3.10. The van der Waals surface area contributed by atoms with E-state index >= 15 is 0 Å². The van der Waals surface area contributed by atoms with Gasteiger partial charge in [0.1, 0.15) is 10.0 Å². The standard InChI is InChI=1S/C14H16BrN3S/c1-9-2-5-11(12(15)8-9)14-18-17-13(19-14)6-7-16-10-3-4-10/h2,5,8,10,16H,3-4,6-7H2,1H3. The van der Waals surface area contributed by atoms with Gasteiger partial charge in [-0.05, 0) is 31.4 Å². The Balaban J connectivity index is 1.68. The second kappa shape index (κ2) is 5.69. The summed E-state index contributed by atoms with van der Waals surface area (Å²) in [7, 11) is 0. The van der Waals surface area contributed by atoms with Crippen LogP contribution in [0.25, 0.3) is 10.6 Å². The number of aromatic nitrogens is 2. The van der Waals surface area contributed by atoms with Gasteiger partial charge >= 0.3 is 0 Å². The molecular formula is C14H16BrN3S. The van der Waals surface area contributed by atoms with E-state index in [0.717, 1.165) is 39.1 Å². The molecule has 1 N–H and O–H groups in total. The van der Waals surface area contributed by atoms with Gasteiger partial charge in [0.2, 0.25) is 0 Å². The molecule has 100 valence electrons. The van der Waals surface area contributed by atoms with Gasteiger partial charge in [-0.1, -0.05) is 39.4 Å². The highest BCUT2D eigenvalue weighted by molar-refractivity contribution is 9.10. The highest BCUT2D eigenvalue weighted by Gasteiger charge is 2.20. The zero-order valence-electron chi connectivity index (χ0n) is 10.8. The zero-order valence-corrected chi connectivity index (χ0v) is 13.2. The Morgan fingerprint density at radius 3 is 2.95 bits per heavy atom. The number of nitrogens with zero attached hydrogens (tertiary/aromatic N) is 2. The van der Waals surface area contributed by atoms with Crippen LogP contribution >= 0.6 is 27.3 Å². The van der Waals surface area contributed by atoms with E-state index in [1.165, 1.54) is 18.4 Å². The topological polar surface area (TPSA) is 37.8 Å². The molecule has 3 nitrogen and oxygen atoms in total. The molecule has 1 fully saturated rings. The second-order valence-electron chi connectivity index (χ2n) is 4.96. The zero-order chi connectivity index (χ0) is 13.2. The molecule has 1 aliphatic carbocycles. The molecule has 1 saturated carbocycles. The normalized spacial score (nSPS) is 14.8. The molecule has 5 heteroatoms.